The number of hydrogen-bond acceptors (Lipinski definition) is 0. The van der Waals surface area contributed by atoms with E-state index < -0.39 is 29.4 Å². The van der Waals surface area contributed by atoms with E-state index in [9.17, 15) is 0 Å². The first kappa shape index (κ1) is 37.3. The van der Waals surface area contributed by atoms with Gasteiger partial charge < -0.3 is 0 Å². The van der Waals surface area contributed by atoms with Gasteiger partial charge >= 0.3 is 185 Å². The van der Waals surface area contributed by atoms with Crippen LogP contribution in [0.15, 0.2) is 212 Å². The number of benzene rings is 7. The molecule has 0 aliphatic carbocycles. The monoisotopic (exact) mass is 770 g/mol. The average molecular weight is 770 g/mol. The third kappa shape index (κ3) is 7.25. The number of hydrogen-bond donors (Lipinski definition) is 0. The molecule has 0 radical (unpaired) electrons. The molecule has 0 nitrogen and oxygen atoms in total. The summed E-state index contributed by atoms with van der Waals surface area (Å²) in [4.78, 5) is 0. The molecule has 0 saturated heterocycles. The molecule has 0 aliphatic heterocycles. The van der Waals surface area contributed by atoms with E-state index in [-0.39, 0.29) is 0 Å². The first-order chi connectivity index (χ1) is 25.3. The van der Waals surface area contributed by atoms with Crippen LogP contribution in [0.5, 0.6) is 0 Å². The zero-order valence-electron chi connectivity index (χ0n) is 31.4. The molecular formula is C49H52GeSi2. The van der Waals surface area contributed by atoms with E-state index in [4.69, 9.17) is 0 Å². The van der Waals surface area contributed by atoms with Crippen molar-refractivity contribution in [2.75, 3.05) is 0 Å². The zero-order valence-corrected chi connectivity index (χ0v) is 35.5. The second-order valence-electron chi connectivity index (χ2n) is 14.7. The maximum atomic E-state index is 2.63. The molecule has 0 N–H and O–H groups in total. The molecule has 7 rings (SSSR count). The van der Waals surface area contributed by atoms with Crippen LogP contribution in [-0.4, -0.2) is 29.4 Å². The van der Waals surface area contributed by atoms with Gasteiger partial charge in [-0.1, -0.05) is 105 Å². The van der Waals surface area contributed by atoms with Gasteiger partial charge in [-0.2, -0.15) is 0 Å². The Bertz CT molecular complexity index is 1810. The minimum atomic E-state index is -2.72. The summed E-state index contributed by atoms with van der Waals surface area (Å²) in [6.07, 6.45) is 0. The van der Waals surface area contributed by atoms with Gasteiger partial charge in [0.1, 0.15) is 0 Å². The Morgan fingerprint density at radius 3 is 0.827 bits per heavy atom. The molecule has 0 saturated carbocycles. The van der Waals surface area contributed by atoms with Crippen LogP contribution >= 0.6 is 0 Å². The van der Waals surface area contributed by atoms with Crippen molar-refractivity contribution in [3.8, 4) is 0 Å². The summed E-state index contributed by atoms with van der Waals surface area (Å²) in [5, 5.41) is 7.53. The fourth-order valence-corrected chi connectivity index (χ4v) is 35.7. The molecule has 52 heavy (non-hydrogen) atoms. The Morgan fingerprint density at radius 1 is 0.346 bits per heavy atom. The van der Waals surface area contributed by atoms with Crippen LogP contribution in [0.2, 0.25) is 22.2 Å². The van der Waals surface area contributed by atoms with Crippen LogP contribution in [0.1, 0.15) is 20.8 Å². The summed E-state index contributed by atoms with van der Waals surface area (Å²) in [6, 6.07) is 78.6. The van der Waals surface area contributed by atoms with Crippen LogP contribution < -0.4 is 34.7 Å². The van der Waals surface area contributed by atoms with Gasteiger partial charge in [-0.25, -0.2) is 0 Å². The van der Waals surface area contributed by atoms with Crippen molar-refractivity contribution in [2.45, 2.75) is 43.0 Å². The molecule has 0 aromatic heterocycles. The van der Waals surface area contributed by atoms with Crippen molar-refractivity contribution >= 4 is 64.1 Å². The molecule has 1 atom stereocenters. The van der Waals surface area contributed by atoms with Gasteiger partial charge in [0.25, 0.3) is 0 Å². The van der Waals surface area contributed by atoms with Crippen molar-refractivity contribution in [1.29, 1.82) is 0 Å². The predicted molar refractivity (Wildman–Crippen MR) is 236 cm³/mol. The van der Waals surface area contributed by atoms with Crippen LogP contribution in [0, 0.1) is 0 Å². The summed E-state index contributed by atoms with van der Waals surface area (Å²) in [7, 11) is -4.02. The molecule has 0 heterocycles. The van der Waals surface area contributed by atoms with Crippen molar-refractivity contribution in [3.05, 3.63) is 212 Å². The molecule has 0 amide bonds. The second kappa shape index (κ2) is 16.9. The molecule has 0 fully saturated rings. The van der Waals surface area contributed by atoms with Gasteiger partial charge in [0.05, 0.1) is 0 Å². The minimum absolute atomic E-state index is 0.583. The number of rotatable bonds is 10. The van der Waals surface area contributed by atoms with Crippen LogP contribution in [0.4, 0.5) is 0 Å². The maximum absolute atomic E-state index is 2.72. The molecule has 0 unspecified atom stereocenters. The molecule has 0 bridgehead atoms. The second-order valence-corrected chi connectivity index (χ2v) is 34.1. The van der Waals surface area contributed by atoms with Gasteiger partial charge in [0.15, 0.2) is 8.07 Å². The first-order valence-corrected chi connectivity index (χ1v) is 28.8. The summed E-state index contributed by atoms with van der Waals surface area (Å²) in [6.45, 7) is 9.91. The standard InChI is InChI=1S/C28H30GeSi.C21H22Si/c1-24(29(2,25-16-8-4-9-17-25)26-18-10-5-11-19-26)30(3,27-20-12-6-13-21-27)28-22-14-7-15-23-28;1-18(2)22(19-12-6-3-7-13-19,20-14-8-4-9-15-20)21-16-10-5-11-17-21/h4-24H,1-3H3;3-18H,1-2H3/t24-;/m1./s1. The Kier molecular flexibility index (Phi) is 12.1. The van der Waals surface area contributed by atoms with E-state index in [1.54, 1.807) is 8.79 Å². The van der Waals surface area contributed by atoms with Crippen molar-refractivity contribution in [1.82, 2.24) is 0 Å². The van der Waals surface area contributed by atoms with E-state index in [2.05, 4.69) is 245 Å². The summed E-state index contributed by atoms with van der Waals surface area (Å²) < 4.78 is 3.76. The van der Waals surface area contributed by atoms with E-state index >= 15 is 0 Å². The molecule has 260 valence electrons. The molecular weight excluding hydrogens is 717 g/mol. The molecule has 3 heteroatoms. The summed E-state index contributed by atoms with van der Waals surface area (Å²) in [5.41, 5.74) is 0.583. The Labute approximate surface area is 317 Å². The van der Waals surface area contributed by atoms with Gasteiger partial charge in [0, 0.05) is 0 Å². The normalized spacial score (nSPS) is 12.4. The van der Waals surface area contributed by atoms with Gasteiger partial charge in [-0.3, -0.25) is 0 Å². The molecule has 0 spiro atoms. The Hall–Kier alpha value is -4.48. The fraction of sp³-hybridized carbons (Fsp3) is 0.143. The van der Waals surface area contributed by atoms with Crippen molar-refractivity contribution < 1.29 is 0 Å². The van der Waals surface area contributed by atoms with E-state index in [0.29, 0.717) is 9.91 Å². The van der Waals surface area contributed by atoms with Gasteiger partial charge in [-0.15, -0.1) is 0 Å². The van der Waals surface area contributed by atoms with E-state index in [1.807, 2.05) is 0 Å². The average Bonchev–Trinajstić information content (AvgIpc) is 3.23. The topological polar surface area (TPSA) is 0 Å². The van der Waals surface area contributed by atoms with Crippen molar-refractivity contribution in [2.24, 2.45) is 0 Å². The third-order valence-electron chi connectivity index (χ3n) is 11.8. The van der Waals surface area contributed by atoms with E-state index in [0.717, 1.165) is 0 Å². The van der Waals surface area contributed by atoms with Gasteiger partial charge in [-0.05, 0) is 21.1 Å². The Morgan fingerprint density at radius 2 is 0.577 bits per heavy atom. The summed E-state index contributed by atoms with van der Waals surface area (Å²) >= 11 is -2.72. The van der Waals surface area contributed by atoms with Crippen LogP contribution in [0.25, 0.3) is 0 Å². The van der Waals surface area contributed by atoms with E-state index in [1.165, 1.54) is 25.9 Å². The van der Waals surface area contributed by atoms with Gasteiger partial charge in [0.2, 0.25) is 0 Å². The van der Waals surface area contributed by atoms with Crippen molar-refractivity contribution in [3.63, 3.8) is 0 Å². The molecule has 7 aromatic carbocycles. The molecule has 0 aliphatic rings. The van der Waals surface area contributed by atoms with Crippen LogP contribution in [-0.2, 0) is 0 Å². The zero-order chi connectivity index (χ0) is 36.4. The third-order valence-corrected chi connectivity index (χ3v) is 38.7. The predicted octanol–water partition coefficient (Wildman–Crippen LogP) is 8.27. The fourth-order valence-electron chi connectivity index (χ4n) is 8.65. The first-order valence-electron chi connectivity index (χ1n) is 18.7. The molecule has 7 aromatic rings. The quantitative estimate of drug-likeness (QED) is 0.0972. The SMILES string of the molecule is CC(C)[Si](c1ccccc1)(c1ccccc1)c1ccccc1.C[C@@H]([Si](C)(c1ccccc1)c1ccccc1)[Ge]([CH3])([c]1ccccc1)[c]1ccccc1. The van der Waals surface area contributed by atoms with Crippen LogP contribution in [0.3, 0.4) is 0 Å². The summed E-state index contributed by atoms with van der Waals surface area (Å²) in [5.74, 6) is 2.63. The Balaban J connectivity index is 0.000000187.